The standard InChI is InChI=1S/C15H23N3OS/c1-4-13-6-9-20-14(13)11-18-10-12(2)17-15(18)16-7-5-8-19-3/h6,9-10H,4-5,7-8,11H2,1-3H3,(H,16,17). The zero-order valence-electron chi connectivity index (χ0n) is 12.5. The molecule has 2 aromatic heterocycles. The number of hydrogen-bond acceptors (Lipinski definition) is 4. The Hall–Kier alpha value is -1.33. The predicted molar refractivity (Wildman–Crippen MR) is 84.7 cm³/mol. The van der Waals surface area contributed by atoms with Gasteiger partial charge in [-0.15, -0.1) is 11.3 Å². The summed E-state index contributed by atoms with van der Waals surface area (Å²) in [5.74, 6) is 0.953. The van der Waals surface area contributed by atoms with E-state index in [1.54, 1.807) is 7.11 Å². The van der Waals surface area contributed by atoms with Crippen LogP contribution in [0, 0.1) is 6.92 Å². The lowest BCUT2D eigenvalue weighted by atomic mass is 10.2. The van der Waals surface area contributed by atoms with Gasteiger partial charge in [-0.2, -0.15) is 0 Å². The van der Waals surface area contributed by atoms with Gasteiger partial charge < -0.3 is 14.6 Å². The molecule has 2 rings (SSSR count). The van der Waals surface area contributed by atoms with Crippen molar-refractivity contribution < 1.29 is 4.74 Å². The average molecular weight is 293 g/mol. The molecule has 0 spiro atoms. The molecule has 0 amide bonds. The number of nitrogens with one attached hydrogen (secondary N) is 1. The molecule has 0 aliphatic rings. The van der Waals surface area contributed by atoms with Gasteiger partial charge in [0.05, 0.1) is 12.2 Å². The van der Waals surface area contributed by atoms with E-state index in [0.717, 1.165) is 44.2 Å². The van der Waals surface area contributed by atoms with Crippen molar-refractivity contribution in [2.75, 3.05) is 25.6 Å². The van der Waals surface area contributed by atoms with Crippen LogP contribution in [0.15, 0.2) is 17.6 Å². The van der Waals surface area contributed by atoms with Crippen molar-refractivity contribution in [1.29, 1.82) is 0 Å². The second-order valence-corrected chi connectivity index (χ2v) is 5.83. The molecule has 2 aromatic rings. The van der Waals surface area contributed by atoms with E-state index in [0.29, 0.717) is 0 Å². The second kappa shape index (κ2) is 7.45. The summed E-state index contributed by atoms with van der Waals surface area (Å²) in [6.45, 7) is 6.79. The van der Waals surface area contributed by atoms with Gasteiger partial charge in [0, 0.05) is 31.3 Å². The van der Waals surface area contributed by atoms with Crippen LogP contribution >= 0.6 is 11.3 Å². The summed E-state index contributed by atoms with van der Waals surface area (Å²) < 4.78 is 7.27. The van der Waals surface area contributed by atoms with Crippen molar-refractivity contribution in [2.45, 2.75) is 33.2 Å². The fraction of sp³-hybridized carbons (Fsp3) is 0.533. The Balaban J connectivity index is 2.03. The molecule has 5 heteroatoms. The summed E-state index contributed by atoms with van der Waals surface area (Å²) >= 11 is 1.82. The Bertz CT molecular complexity index is 533. The highest BCUT2D eigenvalue weighted by molar-refractivity contribution is 7.10. The summed E-state index contributed by atoms with van der Waals surface area (Å²) in [5.41, 5.74) is 2.49. The summed E-state index contributed by atoms with van der Waals surface area (Å²) in [7, 11) is 1.73. The maximum Gasteiger partial charge on any atom is 0.203 e. The predicted octanol–water partition coefficient (Wildman–Crippen LogP) is 3.31. The molecule has 0 saturated heterocycles. The third-order valence-electron chi connectivity index (χ3n) is 3.24. The molecule has 0 atom stereocenters. The fourth-order valence-corrected chi connectivity index (χ4v) is 3.17. The molecule has 0 aromatic carbocycles. The number of anilines is 1. The van der Waals surface area contributed by atoms with Crippen molar-refractivity contribution in [3.63, 3.8) is 0 Å². The van der Waals surface area contributed by atoms with Crippen LogP contribution in [0.25, 0.3) is 0 Å². The Labute approximate surface area is 124 Å². The lowest BCUT2D eigenvalue weighted by Gasteiger charge is -2.09. The average Bonchev–Trinajstić information content (AvgIpc) is 3.02. The lowest BCUT2D eigenvalue weighted by molar-refractivity contribution is 0.197. The molecule has 0 radical (unpaired) electrons. The number of nitrogens with zero attached hydrogens (tertiary/aromatic N) is 2. The van der Waals surface area contributed by atoms with E-state index in [9.17, 15) is 0 Å². The number of rotatable bonds is 8. The van der Waals surface area contributed by atoms with Gasteiger partial charge in [-0.3, -0.25) is 0 Å². The van der Waals surface area contributed by atoms with Crippen molar-refractivity contribution >= 4 is 17.3 Å². The molecule has 0 bridgehead atoms. The molecule has 4 nitrogen and oxygen atoms in total. The highest BCUT2D eigenvalue weighted by Gasteiger charge is 2.09. The van der Waals surface area contributed by atoms with Gasteiger partial charge in [0.2, 0.25) is 5.95 Å². The van der Waals surface area contributed by atoms with Gasteiger partial charge in [0.15, 0.2) is 0 Å². The van der Waals surface area contributed by atoms with Crippen LogP contribution in [0.4, 0.5) is 5.95 Å². The van der Waals surface area contributed by atoms with Crippen LogP contribution in [0.3, 0.4) is 0 Å². The molecule has 20 heavy (non-hydrogen) atoms. The Morgan fingerprint density at radius 1 is 1.45 bits per heavy atom. The van der Waals surface area contributed by atoms with Crippen LogP contribution in [0.1, 0.15) is 29.5 Å². The minimum Gasteiger partial charge on any atom is -0.385 e. The van der Waals surface area contributed by atoms with Crippen LogP contribution in [-0.4, -0.2) is 29.8 Å². The first-order valence-electron chi connectivity index (χ1n) is 7.06. The maximum atomic E-state index is 5.07. The van der Waals surface area contributed by atoms with Gasteiger partial charge in [-0.1, -0.05) is 6.92 Å². The van der Waals surface area contributed by atoms with Crippen LogP contribution in [0.5, 0.6) is 0 Å². The zero-order valence-corrected chi connectivity index (χ0v) is 13.3. The van der Waals surface area contributed by atoms with Gasteiger partial charge in [0.1, 0.15) is 0 Å². The van der Waals surface area contributed by atoms with Crippen molar-refractivity contribution in [2.24, 2.45) is 0 Å². The molecule has 0 aliphatic carbocycles. The first kappa shape index (κ1) is 15.1. The van der Waals surface area contributed by atoms with Crippen LogP contribution < -0.4 is 5.32 Å². The van der Waals surface area contributed by atoms with E-state index < -0.39 is 0 Å². The monoisotopic (exact) mass is 293 g/mol. The zero-order chi connectivity index (χ0) is 14.4. The number of ether oxygens (including phenoxy) is 1. The molecular formula is C15H23N3OS. The molecule has 0 aliphatic heterocycles. The van der Waals surface area contributed by atoms with E-state index in [4.69, 9.17) is 4.74 Å². The minimum absolute atomic E-state index is 0.775. The first-order chi connectivity index (χ1) is 9.74. The number of hydrogen-bond donors (Lipinski definition) is 1. The van der Waals surface area contributed by atoms with Crippen LogP contribution in [0.2, 0.25) is 0 Å². The number of imidazole rings is 1. The molecular weight excluding hydrogens is 270 g/mol. The fourth-order valence-electron chi connectivity index (χ4n) is 2.20. The molecule has 0 saturated carbocycles. The van der Waals surface area contributed by atoms with Gasteiger partial charge in [-0.05, 0) is 36.8 Å². The first-order valence-corrected chi connectivity index (χ1v) is 7.94. The quantitative estimate of drug-likeness (QED) is 0.759. The van der Waals surface area contributed by atoms with E-state index in [1.165, 1.54) is 10.4 Å². The Morgan fingerprint density at radius 2 is 2.30 bits per heavy atom. The van der Waals surface area contributed by atoms with E-state index in [1.807, 2.05) is 18.3 Å². The van der Waals surface area contributed by atoms with Gasteiger partial charge in [0.25, 0.3) is 0 Å². The third-order valence-corrected chi connectivity index (χ3v) is 4.19. The molecule has 110 valence electrons. The largest absolute Gasteiger partial charge is 0.385 e. The van der Waals surface area contributed by atoms with E-state index >= 15 is 0 Å². The summed E-state index contributed by atoms with van der Waals surface area (Å²) in [6.07, 6.45) is 4.18. The molecule has 0 unspecified atom stereocenters. The summed E-state index contributed by atoms with van der Waals surface area (Å²) in [5, 5.41) is 5.57. The molecule has 2 heterocycles. The Kier molecular flexibility index (Phi) is 5.61. The van der Waals surface area contributed by atoms with Crippen molar-refractivity contribution in [3.05, 3.63) is 33.8 Å². The highest BCUT2D eigenvalue weighted by atomic mass is 32.1. The normalized spacial score (nSPS) is 10.9. The van der Waals surface area contributed by atoms with Gasteiger partial charge >= 0.3 is 0 Å². The lowest BCUT2D eigenvalue weighted by Crippen LogP contribution is -2.10. The van der Waals surface area contributed by atoms with Crippen molar-refractivity contribution in [1.82, 2.24) is 9.55 Å². The number of aryl methyl sites for hydroxylation is 2. The molecule has 0 fully saturated rings. The minimum atomic E-state index is 0.775. The Morgan fingerprint density at radius 3 is 3.05 bits per heavy atom. The number of thiophene rings is 1. The topological polar surface area (TPSA) is 39.1 Å². The summed E-state index contributed by atoms with van der Waals surface area (Å²) in [4.78, 5) is 5.98. The summed E-state index contributed by atoms with van der Waals surface area (Å²) in [6, 6.07) is 2.22. The van der Waals surface area contributed by atoms with Crippen LogP contribution in [-0.2, 0) is 17.7 Å². The highest BCUT2D eigenvalue weighted by Crippen LogP contribution is 2.21. The number of aromatic nitrogens is 2. The SMILES string of the molecule is CCc1ccsc1Cn1cc(C)nc1NCCCOC. The van der Waals surface area contributed by atoms with Gasteiger partial charge in [-0.25, -0.2) is 4.98 Å². The maximum absolute atomic E-state index is 5.07. The third kappa shape index (κ3) is 3.84. The second-order valence-electron chi connectivity index (χ2n) is 4.83. The number of methoxy groups -OCH3 is 1. The van der Waals surface area contributed by atoms with E-state index in [-0.39, 0.29) is 0 Å². The smallest absolute Gasteiger partial charge is 0.203 e. The molecule has 1 N–H and O–H groups in total. The van der Waals surface area contributed by atoms with Crippen molar-refractivity contribution in [3.8, 4) is 0 Å². The van der Waals surface area contributed by atoms with E-state index in [2.05, 4.69) is 39.4 Å².